The summed E-state index contributed by atoms with van der Waals surface area (Å²) in [4.78, 5) is 25.7. The second-order valence-electron chi connectivity index (χ2n) is 5.38. The van der Waals surface area contributed by atoms with Crippen molar-refractivity contribution >= 4 is 40.6 Å². The number of benzene rings is 2. The van der Waals surface area contributed by atoms with Crippen LogP contribution in [-0.4, -0.2) is 39.4 Å². The van der Waals surface area contributed by atoms with Gasteiger partial charge in [-0.1, -0.05) is 11.6 Å². The molecule has 0 atom stereocenters. The van der Waals surface area contributed by atoms with Crippen LogP contribution in [0.3, 0.4) is 0 Å². The second kappa shape index (κ2) is 7.72. The van der Waals surface area contributed by atoms with Gasteiger partial charge in [0.05, 0.1) is 11.4 Å². The van der Waals surface area contributed by atoms with E-state index in [4.69, 9.17) is 16.3 Å². The van der Waals surface area contributed by atoms with Crippen LogP contribution in [0.1, 0.15) is 5.56 Å². The first-order valence-corrected chi connectivity index (χ1v) is 8.79. The number of carbonyl (C=O) groups excluding carboxylic acids is 2. The third kappa shape index (κ3) is 4.12. The molecule has 2 N–H and O–H groups in total. The van der Waals surface area contributed by atoms with E-state index in [0.717, 1.165) is 22.7 Å². The van der Waals surface area contributed by atoms with Crippen LogP contribution in [0.15, 0.2) is 47.4 Å². The number of halogens is 1. The molecule has 0 radical (unpaired) electrons. The molecule has 2 amide bonds. The molecule has 3 rings (SSSR count). The van der Waals surface area contributed by atoms with E-state index >= 15 is 0 Å². The standard InChI is InChI=1S/C18H14ClNO5S/c19-12-2-5-14(6-3-12)25-8-7-20-17(23)16(26-18(20)24)9-11-1-4-13(21)10-15(11)22/h1-6,9-10,21-22H,7-8H2/b16-9-. The van der Waals surface area contributed by atoms with E-state index in [-0.39, 0.29) is 29.6 Å². The molecule has 1 saturated heterocycles. The number of amides is 2. The molecular weight excluding hydrogens is 378 g/mol. The maximum absolute atomic E-state index is 12.4. The molecule has 0 spiro atoms. The van der Waals surface area contributed by atoms with Gasteiger partial charge in [-0.25, -0.2) is 0 Å². The fourth-order valence-corrected chi connectivity index (χ4v) is 3.26. The Morgan fingerprint density at radius 2 is 1.85 bits per heavy atom. The predicted molar refractivity (Wildman–Crippen MR) is 99.4 cm³/mol. The summed E-state index contributed by atoms with van der Waals surface area (Å²) in [6.07, 6.45) is 1.42. The molecule has 6 nitrogen and oxygen atoms in total. The molecule has 0 saturated carbocycles. The molecule has 1 aliphatic heterocycles. The van der Waals surface area contributed by atoms with Gasteiger partial charge in [0.1, 0.15) is 23.9 Å². The smallest absolute Gasteiger partial charge is 0.293 e. The summed E-state index contributed by atoms with van der Waals surface area (Å²) in [5, 5.41) is 19.3. The van der Waals surface area contributed by atoms with Crippen LogP contribution in [0.5, 0.6) is 17.2 Å². The van der Waals surface area contributed by atoms with E-state index < -0.39 is 11.1 Å². The molecule has 134 valence electrons. The van der Waals surface area contributed by atoms with Gasteiger partial charge in [-0.2, -0.15) is 0 Å². The third-order valence-corrected chi connectivity index (χ3v) is 4.73. The minimum Gasteiger partial charge on any atom is -0.508 e. The summed E-state index contributed by atoms with van der Waals surface area (Å²) < 4.78 is 5.50. The highest BCUT2D eigenvalue weighted by Crippen LogP contribution is 2.34. The zero-order chi connectivity index (χ0) is 18.7. The molecule has 0 aliphatic carbocycles. The van der Waals surface area contributed by atoms with E-state index in [2.05, 4.69) is 0 Å². The highest BCUT2D eigenvalue weighted by molar-refractivity contribution is 8.18. The lowest BCUT2D eigenvalue weighted by molar-refractivity contribution is -0.123. The van der Waals surface area contributed by atoms with Crippen LogP contribution < -0.4 is 4.74 Å². The first-order chi connectivity index (χ1) is 12.4. The van der Waals surface area contributed by atoms with Crippen molar-refractivity contribution in [1.29, 1.82) is 0 Å². The Labute approximate surface area is 158 Å². The van der Waals surface area contributed by atoms with Gasteiger partial charge >= 0.3 is 0 Å². The van der Waals surface area contributed by atoms with E-state index in [0.29, 0.717) is 16.3 Å². The van der Waals surface area contributed by atoms with E-state index in [1.807, 2.05) is 0 Å². The lowest BCUT2D eigenvalue weighted by Gasteiger charge is -2.13. The normalized spacial score (nSPS) is 15.7. The van der Waals surface area contributed by atoms with Gasteiger partial charge in [-0.15, -0.1) is 0 Å². The summed E-state index contributed by atoms with van der Waals surface area (Å²) in [7, 11) is 0. The van der Waals surface area contributed by atoms with Gasteiger partial charge in [0.25, 0.3) is 11.1 Å². The quantitative estimate of drug-likeness (QED) is 0.752. The number of phenols is 2. The number of phenolic OH excluding ortho intramolecular Hbond substituents is 2. The van der Waals surface area contributed by atoms with Crippen molar-refractivity contribution in [3.63, 3.8) is 0 Å². The Hall–Kier alpha value is -2.64. The number of hydrogen-bond acceptors (Lipinski definition) is 6. The van der Waals surface area contributed by atoms with Crippen LogP contribution in [0.4, 0.5) is 4.79 Å². The zero-order valence-corrected chi connectivity index (χ0v) is 15.0. The third-order valence-electron chi connectivity index (χ3n) is 3.57. The van der Waals surface area contributed by atoms with Crippen molar-refractivity contribution in [3.8, 4) is 17.2 Å². The number of imide groups is 1. The summed E-state index contributed by atoms with van der Waals surface area (Å²) in [6, 6.07) is 10.8. The molecule has 0 aromatic heterocycles. The van der Waals surface area contributed by atoms with Crippen molar-refractivity contribution in [1.82, 2.24) is 4.90 Å². The molecule has 26 heavy (non-hydrogen) atoms. The molecule has 8 heteroatoms. The van der Waals surface area contributed by atoms with Crippen molar-refractivity contribution in [2.24, 2.45) is 0 Å². The highest BCUT2D eigenvalue weighted by atomic mass is 35.5. The summed E-state index contributed by atoms with van der Waals surface area (Å²) in [5.74, 6) is -0.131. The van der Waals surface area contributed by atoms with Crippen LogP contribution in [0.2, 0.25) is 5.02 Å². The van der Waals surface area contributed by atoms with Gasteiger partial charge in [-0.05, 0) is 54.2 Å². The molecule has 2 aromatic carbocycles. The number of carbonyl (C=O) groups is 2. The molecule has 0 bridgehead atoms. The van der Waals surface area contributed by atoms with Gasteiger partial charge in [-0.3, -0.25) is 14.5 Å². The first-order valence-electron chi connectivity index (χ1n) is 7.60. The molecule has 1 aliphatic rings. The predicted octanol–water partition coefficient (Wildman–Crippen LogP) is 3.87. The number of rotatable bonds is 5. The average molecular weight is 392 g/mol. The monoisotopic (exact) mass is 391 g/mol. The fraction of sp³-hybridized carbons (Fsp3) is 0.111. The summed E-state index contributed by atoms with van der Waals surface area (Å²) >= 11 is 6.59. The lowest BCUT2D eigenvalue weighted by atomic mass is 10.1. The highest BCUT2D eigenvalue weighted by Gasteiger charge is 2.34. The number of hydrogen-bond donors (Lipinski definition) is 2. The maximum Gasteiger partial charge on any atom is 0.293 e. The average Bonchev–Trinajstić information content (AvgIpc) is 2.86. The number of aromatic hydroxyl groups is 2. The second-order valence-corrected chi connectivity index (χ2v) is 6.81. The lowest BCUT2D eigenvalue weighted by Crippen LogP contribution is -2.32. The molecule has 0 unspecified atom stereocenters. The molecule has 1 heterocycles. The van der Waals surface area contributed by atoms with Gasteiger partial charge in [0.15, 0.2) is 0 Å². The van der Waals surface area contributed by atoms with Crippen molar-refractivity contribution in [2.45, 2.75) is 0 Å². The van der Waals surface area contributed by atoms with E-state index in [1.165, 1.54) is 18.2 Å². The number of ether oxygens (including phenoxy) is 1. The van der Waals surface area contributed by atoms with Crippen LogP contribution in [0.25, 0.3) is 6.08 Å². The van der Waals surface area contributed by atoms with E-state index in [1.54, 1.807) is 24.3 Å². The van der Waals surface area contributed by atoms with Crippen LogP contribution in [-0.2, 0) is 4.79 Å². The minimum atomic E-state index is -0.452. The van der Waals surface area contributed by atoms with Gasteiger partial charge < -0.3 is 14.9 Å². The van der Waals surface area contributed by atoms with Crippen LogP contribution >= 0.6 is 23.4 Å². The molecule has 1 fully saturated rings. The Morgan fingerprint density at radius 1 is 1.12 bits per heavy atom. The molecule has 2 aromatic rings. The SMILES string of the molecule is O=C1S/C(=C\c2ccc(O)cc2O)C(=O)N1CCOc1ccc(Cl)cc1. The van der Waals surface area contributed by atoms with Crippen LogP contribution in [0, 0.1) is 0 Å². The van der Waals surface area contributed by atoms with Gasteiger partial charge in [0, 0.05) is 16.7 Å². The Balaban J connectivity index is 1.64. The Bertz CT molecular complexity index is 882. The van der Waals surface area contributed by atoms with Crippen molar-refractivity contribution in [3.05, 3.63) is 58.0 Å². The fourth-order valence-electron chi connectivity index (χ4n) is 2.27. The van der Waals surface area contributed by atoms with Crippen molar-refractivity contribution < 1.29 is 24.5 Å². The van der Waals surface area contributed by atoms with Crippen molar-refractivity contribution in [2.75, 3.05) is 13.2 Å². The van der Waals surface area contributed by atoms with E-state index in [9.17, 15) is 19.8 Å². The minimum absolute atomic E-state index is 0.0906. The largest absolute Gasteiger partial charge is 0.508 e. The zero-order valence-electron chi connectivity index (χ0n) is 13.4. The topological polar surface area (TPSA) is 87.1 Å². The Kier molecular flexibility index (Phi) is 5.39. The maximum atomic E-state index is 12.4. The van der Waals surface area contributed by atoms with Gasteiger partial charge in [0.2, 0.25) is 0 Å². The number of thioether (sulfide) groups is 1. The Morgan fingerprint density at radius 3 is 2.54 bits per heavy atom. The first kappa shape index (κ1) is 18.2. The molecular formula is C18H14ClNO5S. The summed E-state index contributed by atoms with van der Waals surface area (Å²) in [6.45, 7) is 0.254. The summed E-state index contributed by atoms with van der Waals surface area (Å²) in [5.41, 5.74) is 0.339. The number of nitrogens with zero attached hydrogens (tertiary/aromatic N) is 1.